The molecule has 2 N–H and O–H groups in total. The lowest BCUT2D eigenvalue weighted by Crippen LogP contribution is -2.24. The summed E-state index contributed by atoms with van der Waals surface area (Å²) in [4.78, 5) is 24.3. The molecule has 0 saturated heterocycles. The van der Waals surface area contributed by atoms with Crippen molar-refractivity contribution in [3.63, 3.8) is 0 Å². The van der Waals surface area contributed by atoms with Gasteiger partial charge in [-0.05, 0) is 49.9 Å². The average molecular weight is 329 g/mol. The summed E-state index contributed by atoms with van der Waals surface area (Å²) in [6, 6.07) is 6.94. The van der Waals surface area contributed by atoms with Crippen LogP contribution >= 0.6 is 0 Å². The van der Waals surface area contributed by atoms with Crippen molar-refractivity contribution in [1.82, 2.24) is 5.43 Å². The predicted molar refractivity (Wildman–Crippen MR) is 97.1 cm³/mol. The van der Waals surface area contributed by atoms with E-state index in [9.17, 15) is 9.59 Å². The number of carbonyl (C=O) groups excluding carboxylic acids is 2. The normalized spacial score (nSPS) is 14.8. The van der Waals surface area contributed by atoms with Crippen molar-refractivity contribution in [2.45, 2.75) is 58.8 Å². The monoisotopic (exact) mass is 329 g/mol. The number of nitrogens with zero attached hydrogens (tertiary/aromatic N) is 1. The second-order valence-corrected chi connectivity index (χ2v) is 6.23. The van der Waals surface area contributed by atoms with Gasteiger partial charge in [0, 0.05) is 22.9 Å². The van der Waals surface area contributed by atoms with Crippen molar-refractivity contribution < 1.29 is 9.59 Å². The van der Waals surface area contributed by atoms with Gasteiger partial charge >= 0.3 is 0 Å². The highest BCUT2D eigenvalue weighted by Gasteiger charge is 2.21. The number of nitrogens with one attached hydrogen (secondary N) is 2. The fraction of sp³-hybridized carbons (Fsp3) is 0.526. The smallest absolute Gasteiger partial charge is 0.271 e. The molecule has 0 spiro atoms. The van der Waals surface area contributed by atoms with Gasteiger partial charge in [0.2, 0.25) is 5.91 Å². The summed E-state index contributed by atoms with van der Waals surface area (Å²) in [7, 11) is 0. The Morgan fingerprint density at radius 3 is 2.25 bits per heavy atom. The minimum atomic E-state index is -0.237. The van der Waals surface area contributed by atoms with Crippen molar-refractivity contribution >= 4 is 23.2 Å². The highest BCUT2D eigenvalue weighted by atomic mass is 16.2. The van der Waals surface area contributed by atoms with E-state index in [1.54, 1.807) is 24.3 Å². The minimum Gasteiger partial charge on any atom is -0.326 e. The first-order valence-electron chi connectivity index (χ1n) is 8.90. The molecule has 1 aromatic carbocycles. The Hall–Kier alpha value is -2.17. The van der Waals surface area contributed by atoms with Gasteiger partial charge in [-0.1, -0.05) is 33.1 Å². The third kappa shape index (κ3) is 5.18. The molecule has 1 aromatic rings. The summed E-state index contributed by atoms with van der Waals surface area (Å²) in [5.41, 5.74) is 4.79. The molecule has 5 heteroatoms. The highest BCUT2D eigenvalue weighted by molar-refractivity contribution is 5.97. The lowest BCUT2D eigenvalue weighted by Gasteiger charge is -2.20. The van der Waals surface area contributed by atoms with Gasteiger partial charge in [-0.15, -0.1) is 0 Å². The zero-order chi connectivity index (χ0) is 17.4. The van der Waals surface area contributed by atoms with E-state index in [2.05, 4.69) is 15.8 Å². The van der Waals surface area contributed by atoms with Gasteiger partial charge in [-0.25, -0.2) is 5.43 Å². The Morgan fingerprint density at radius 2 is 1.67 bits per heavy atom. The number of carbonyl (C=O) groups is 2. The first-order chi connectivity index (χ1) is 11.6. The van der Waals surface area contributed by atoms with E-state index in [0.717, 1.165) is 49.9 Å². The number of amides is 2. The summed E-state index contributed by atoms with van der Waals surface area (Å²) in [5.74, 6) is -0.0239. The van der Waals surface area contributed by atoms with Crippen molar-refractivity contribution in [3.8, 4) is 0 Å². The first-order valence-corrected chi connectivity index (χ1v) is 8.90. The first kappa shape index (κ1) is 18.2. The lowest BCUT2D eigenvalue weighted by molar-refractivity contribution is -0.120. The Bertz CT molecular complexity index is 581. The zero-order valence-corrected chi connectivity index (χ0v) is 14.6. The van der Waals surface area contributed by atoms with Crippen LogP contribution in [0.25, 0.3) is 0 Å². The third-order valence-electron chi connectivity index (χ3n) is 4.52. The van der Waals surface area contributed by atoms with E-state index in [1.807, 2.05) is 13.8 Å². The van der Waals surface area contributed by atoms with Crippen LogP contribution in [0.1, 0.15) is 69.2 Å². The van der Waals surface area contributed by atoms with E-state index >= 15 is 0 Å². The average Bonchev–Trinajstić information content (AvgIpc) is 2.63. The highest BCUT2D eigenvalue weighted by Crippen LogP contribution is 2.25. The molecule has 0 heterocycles. The molecular weight excluding hydrogens is 302 g/mol. The summed E-state index contributed by atoms with van der Waals surface area (Å²) >= 11 is 0. The van der Waals surface area contributed by atoms with Crippen molar-refractivity contribution in [2.75, 3.05) is 5.32 Å². The van der Waals surface area contributed by atoms with Gasteiger partial charge in [-0.2, -0.15) is 5.10 Å². The van der Waals surface area contributed by atoms with Crippen LogP contribution in [-0.2, 0) is 4.79 Å². The van der Waals surface area contributed by atoms with Gasteiger partial charge in [0.25, 0.3) is 5.91 Å². The largest absolute Gasteiger partial charge is 0.326 e. The van der Waals surface area contributed by atoms with Crippen molar-refractivity contribution in [1.29, 1.82) is 0 Å². The maximum atomic E-state index is 12.2. The molecule has 1 fully saturated rings. The standard InChI is InChI=1S/C19H27N3O2/c1-3-16(4-2)21-22-19(24)15-10-12-17(13-11-15)20-18(23)14-8-6-5-7-9-14/h10-14H,3-9H2,1-2H3,(H,20,23)(H,22,24). The number of anilines is 1. The molecule has 0 radical (unpaired) electrons. The van der Waals surface area contributed by atoms with Crippen molar-refractivity contribution in [3.05, 3.63) is 29.8 Å². The maximum absolute atomic E-state index is 12.2. The number of hydrazone groups is 1. The summed E-state index contributed by atoms with van der Waals surface area (Å²) in [6.45, 7) is 4.02. The fourth-order valence-corrected chi connectivity index (χ4v) is 2.92. The second kappa shape index (κ2) is 9.21. The minimum absolute atomic E-state index is 0.0898. The van der Waals surface area contributed by atoms with Crippen molar-refractivity contribution in [2.24, 2.45) is 11.0 Å². The molecule has 2 amide bonds. The topological polar surface area (TPSA) is 70.6 Å². The molecule has 5 nitrogen and oxygen atoms in total. The van der Waals surface area contributed by atoms with E-state index in [-0.39, 0.29) is 17.7 Å². The zero-order valence-electron chi connectivity index (χ0n) is 14.6. The fourth-order valence-electron chi connectivity index (χ4n) is 2.92. The Morgan fingerprint density at radius 1 is 1.04 bits per heavy atom. The molecule has 1 saturated carbocycles. The van der Waals surface area contributed by atoms with Crippen LogP contribution in [0.15, 0.2) is 29.4 Å². The molecule has 0 atom stereocenters. The molecule has 130 valence electrons. The van der Waals surface area contributed by atoms with Crippen LogP contribution in [0, 0.1) is 5.92 Å². The quantitative estimate of drug-likeness (QED) is 0.609. The second-order valence-electron chi connectivity index (χ2n) is 6.23. The predicted octanol–water partition coefficient (Wildman–Crippen LogP) is 4.11. The third-order valence-corrected chi connectivity index (χ3v) is 4.52. The Labute approximate surface area is 143 Å². The summed E-state index contributed by atoms with van der Waals surface area (Å²) in [6.07, 6.45) is 7.09. The van der Waals surface area contributed by atoms with Crippen LogP contribution in [-0.4, -0.2) is 17.5 Å². The molecule has 0 bridgehead atoms. The molecular formula is C19H27N3O2. The lowest BCUT2D eigenvalue weighted by atomic mass is 9.88. The number of hydrogen-bond acceptors (Lipinski definition) is 3. The van der Waals surface area contributed by atoms with Crippen LogP contribution in [0.3, 0.4) is 0 Å². The Balaban J connectivity index is 1.91. The van der Waals surface area contributed by atoms with Crippen LogP contribution in [0.4, 0.5) is 5.69 Å². The molecule has 0 aliphatic heterocycles. The van der Waals surface area contributed by atoms with E-state index in [0.29, 0.717) is 5.56 Å². The summed E-state index contributed by atoms with van der Waals surface area (Å²) < 4.78 is 0. The van der Waals surface area contributed by atoms with Gasteiger partial charge in [0.15, 0.2) is 0 Å². The van der Waals surface area contributed by atoms with E-state index in [4.69, 9.17) is 0 Å². The van der Waals surface area contributed by atoms with Crippen LogP contribution < -0.4 is 10.7 Å². The van der Waals surface area contributed by atoms with Crippen LogP contribution in [0.2, 0.25) is 0 Å². The molecule has 0 aromatic heterocycles. The van der Waals surface area contributed by atoms with Gasteiger partial charge in [-0.3, -0.25) is 9.59 Å². The molecule has 24 heavy (non-hydrogen) atoms. The Kier molecular flexibility index (Phi) is 6.97. The van der Waals surface area contributed by atoms with Crippen LogP contribution in [0.5, 0.6) is 0 Å². The molecule has 1 aliphatic rings. The maximum Gasteiger partial charge on any atom is 0.271 e. The molecule has 2 rings (SSSR count). The molecule has 1 aliphatic carbocycles. The van der Waals surface area contributed by atoms with Gasteiger partial charge in [0.05, 0.1) is 0 Å². The van der Waals surface area contributed by atoms with Gasteiger partial charge < -0.3 is 5.32 Å². The SMILES string of the molecule is CCC(CC)=NNC(=O)c1ccc(NC(=O)C2CCCCC2)cc1. The van der Waals surface area contributed by atoms with E-state index in [1.165, 1.54) is 6.42 Å². The number of benzene rings is 1. The number of rotatable bonds is 6. The summed E-state index contributed by atoms with van der Waals surface area (Å²) in [5, 5.41) is 7.06. The molecule has 0 unspecified atom stereocenters. The van der Waals surface area contributed by atoms with Gasteiger partial charge in [0.1, 0.15) is 0 Å². The van der Waals surface area contributed by atoms with E-state index < -0.39 is 0 Å². The number of hydrogen-bond donors (Lipinski definition) is 2.